The minimum Gasteiger partial charge on any atom is -0.494 e. The Balaban J connectivity index is 1.63. The quantitative estimate of drug-likeness (QED) is 0.424. The van der Waals surface area contributed by atoms with Crippen molar-refractivity contribution >= 4 is 38.7 Å². The van der Waals surface area contributed by atoms with E-state index in [0.29, 0.717) is 23.2 Å². The molecule has 1 aliphatic rings. The number of benzene rings is 2. The summed E-state index contributed by atoms with van der Waals surface area (Å²) < 4.78 is 17.3. The number of hydrogen-bond acceptors (Lipinski definition) is 7. The summed E-state index contributed by atoms with van der Waals surface area (Å²) in [6, 6.07) is 9.57. The summed E-state index contributed by atoms with van der Waals surface area (Å²) in [5.41, 5.74) is 2.78. The van der Waals surface area contributed by atoms with Gasteiger partial charge in [-0.1, -0.05) is 37.3 Å². The van der Waals surface area contributed by atoms with Crippen LogP contribution < -0.4 is 19.1 Å². The van der Waals surface area contributed by atoms with Gasteiger partial charge in [0.1, 0.15) is 11.3 Å². The van der Waals surface area contributed by atoms with Crippen LogP contribution in [0, 0.1) is 6.92 Å². The number of likely N-dealkylation sites (N-methyl/N-ethyl adjacent to an activating group) is 1. The van der Waals surface area contributed by atoms with E-state index in [9.17, 15) is 4.79 Å². The highest BCUT2D eigenvalue weighted by Gasteiger charge is 2.21. The SMILES string of the molecule is CCN(CC)CCN(C(=O)/C=C/c1ccc2c(c1)OCO2)c1nc2c(OC)ccc(C)c2s1. The fourth-order valence-corrected chi connectivity index (χ4v) is 4.82. The molecule has 0 fully saturated rings. The maximum absolute atomic E-state index is 13.4. The Labute approximate surface area is 198 Å². The van der Waals surface area contributed by atoms with Crippen LogP contribution in [0.2, 0.25) is 0 Å². The van der Waals surface area contributed by atoms with Crippen molar-refractivity contribution in [1.29, 1.82) is 0 Å². The van der Waals surface area contributed by atoms with Crippen LogP contribution in [0.5, 0.6) is 17.2 Å². The highest BCUT2D eigenvalue weighted by atomic mass is 32.1. The number of thiazole rings is 1. The van der Waals surface area contributed by atoms with E-state index in [1.54, 1.807) is 24.2 Å². The highest BCUT2D eigenvalue weighted by molar-refractivity contribution is 7.22. The summed E-state index contributed by atoms with van der Waals surface area (Å²) in [5, 5.41) is 0.671. The molecule has 1 amide bonds. The number of fused-ring (bicyclic) bond motifs is 2. The molecule has 0 unspecified atom stereocenters. The van der Waals surface area contributed by atoms with Gasteiger partial charge in [0, 0.05) is 19.2 Å². The number of carbonyl (C=O) groups excluding carboxylic acids is 1. The van der Waals surface area contributed by atoms with Crippen LogP contribution in [0.15, 0.2) is 36.4 Å². The Morgan fingerprint density at radius 3 is 2.70 bits per heavy atom. The van der Waals surface area contributed by atoms with Crippen molar-refractivity contribution in [2.45, 2.75) is 20.8 Å². The van der Waals surface area contributed by atoms with E-state index < -0.39 is 0 Å². The van der Waals surface area contributed by atoms with Crippen molar-refractivity contribution in [2.24, 2.45) is 0 Å². The number of aryl methyl sites for hydroxylation is 1. The van der Waals surface area contributed by atoms with Crippen LogP contribution in [0.4, 0.5) is 5.13 Å². The number of aromatic nitrogens is 1. The van der Waals surface area contributed by atoms with Crippen LogP contribution in [0.1, 0.15) is 25.0 Å². The van der Waals surface area contributed by atoms with Gasteiger partial charge in [0.05, 0.1) is 11.8 Å². The Bertz CT molecular complexity index is 1170. The Morgan fingerprint density at radius 1 is 1.15 bits per heavy atom. The zero-order valence-corrected chi connectivity index (χ0v) is 20.3. The summed E-state index contributed by atoms with van der Waals surface area (Å²) in [7, 11) is 1.64. The molecule has 3 aromatic rings. The molecule has 0 spiro atoms. The third-order valence-electron chi connectivity index (χ3n) is 5.76. The second-order valence-electron chi connectivity index (χ2n) is 7.72. The molecular formula is C25H29N3O4S. The van der Waals surface area contributed by atoms with E-state index in [4.69, 9.17) is 19.2 Å². The number of carbonyl (C=O) groups is 1. The summed E-state index contributed by atoms with van der Waals surface area (Å²) in [6.45, 7) is 9.70. The average Bonchev–Trinajstić information content (AvgIpc) is 3.48. The van der Waals surface area contributed by atoms with Gasteiger partial charge in [-0.25, -0.2) is 4.98 Å². The number of amides is 1. The number of ether oxygens (including phenoxy) is 3. The van der Waals surface area contributed by atoms with Gasteiger partial charge >= 0.3 is 0 Å². The largest absolute Gasteiger partial charge is 0.494 e. The fraction of sp³-hybridized carbons (Fsp3) is 0.360. The van der Waals surface area contributed by atoms with E-state index in [-0.39, 0.29) is 12.7 Å². The van der Waals surface area contributed by atoms with Crippen LogP contribution in [0.3, 0.4) is 0 Å². The Hall–Kier alpha value is -3.10. The van der Waals surface area contributed by atoms with Gasteiger partial charge in [-0.05, 0) is 55.4 Å². The van der Waals surface area contributed by atoms with Gasteiger partial charge in [0.15, 0.2) is 16.6 Å². The predicted molar refractivity (Wildman–Crippen MR) is 133 cm³/mol. The maximum Gasteiger partial charge on any atom is 0.252 e. The van der Waals surface area contributed by atoms with E-state index in [1.807, 2.05) is 37.3 Å². The molecule has 4 rings (SSSR count). The lowest BCUT2D eigenvalue weighted by Crippen LogP contribution is -2.38. The minimum atomic E-state index is -0.115. The number of rotatable bonds is 9. The first kappa shape index (κ1) is 23.1. The second-order valence-corrected chi connectivity index (χ2v) is 8.70. The number of anilines is 1. The van der Waals surface area contributed by atoms with Gasteiger partial charge in [-0.2, -0.15) is 0 Å². The zero-order chi connectivity index (χ0) is 23.4. The first-order chi connectivity index (χ1) is 16.0. The Kier molecular flexibility index (Phi) is 7.15. The molecule has 0 radical (unpaired) electrons. The molecule has 7 nitrogen and oxygen atoms in total. The van der Waals surface area contributed by atoms with E-state index in [1.165, 1.54) is 11.3 Å². The van der Waals surface area contributed by atoms with E-state index in [0.717, 1.165) is 46.7 Å². The van der Waals surface area contributed by atoms with Crippen molar-refractivity contribution in [1.82, 2.24) is 9.88 Å². The Morgan fingerprint density at radius 2 is 1.94 bits per heavy atom. The third-order valence-corrected chi connectivity index (χ3v) is 6.97. The third kappa shape index (κ3) is 4.96. The monoisotopic (exact) mass is 467 g/mol. The molecule has 1 aliphatic heterocycles. The van der Waals surface area contributed by atoms with Gasteiger partial charge in [0.25, 0.3) is 5.91 Å². The van der Waals surface area contributed by atoms with Crippen LogP contribution >= 0.6 is 11.3 Å². The molecule has 174 valence electrons. The van der Waals surface area contributed by atoms with Crippen LogP contribution in [0.25, 0.3) is 16.3 Å². The normalized spacial score (nSPS) is 12.8. The summed E-state index contributed by atoms with van der Waals surface area (Å²) in [6.07, 6.45) is 3.39. The minimum absolute atomic E-state index is 0.115. The van der Waals surface area contributed by atoms with Crippen LogP contribution in [-0.2, 0) is 4.79 Å². The number of hydrogen-bond donors (Lipinski definition) is 0. The number of nitrogens with zero attached hydrogens (tertiary/aromatic N) is 3. The molecule has 0 bridgehead atoms. The van der Waals surface area contributed by atoms with Crippen molar-refractivity contribution in [3.63, 3.8) is 0 Å². The first-order valence-corrected chi connectivity index (χ1v) is 11.9. The molecular weight excluding hydrogens is 438 g/mol. The molecule has 2 heterocycles. The molecule has 0 N–H and O–H groups in total. The second kappa shape index (κ2) is 10.2. The van der Waals surface area contributed by atoms with Gasteiger partial charge < -0.3 is 19.1 Å². The summed E-state index contributed by atoms with van der Waals surface area (Å²) in [5.74, 6) is 2.01. The molecule has 2 aromatic carbocycles. The molecule has 0 saturated carbocycles. The zero-order valence-electron chi connectivity index (χ0n) is 19.5. The lowest BCUT2D eigenvalue weighted by molar-refractivity contribution is -0.114. The number of methoxy groups -OCH3 is 1. The van der Waals surface area contributed by atoms with E-state index in [2.05, 4.69) is 18.7 Å². The predicted octanol–water partition coefficient (Wildman–Crippen LogP) is 4.73. The van der Waals surface area contributed by atoms with Crippen molar-refractivity contribution in [2.75, 3.05) is 45.0 Å². The van der Waals surface area contributed by atoms with Crippen LogP contribution in [-0.4, -0.2) is 55.9 Å². The molecule has 0 aliphatic carbocycles. The van der Waals surface area contributed by atoms with Gasteiger partial charge in [0.2, 0.25) is 6.79 Å². The van der Waals surface area contributed by atoms with Crippen molar-refractivity contribution < 1.29 is 19.0 Å². The molecule has 33 heavy (non-hydrogen) atoms. The molecule has 0 saturated heterocycles. The van der Waals surface area contributed by atoms with E-state index >= 15 is 0 Å². The average molecular weight is 468 g/mol. The van der Waals surface area contributed by atoms with Crippen molar-refractivity contribution in [3.8, 4) is 17.2 Å². The smallest absolute Gasteiger partial charge is 0.252 e. The molecule has 8 heteroatoms. The highest BCUT2D eigenvalue weighted by Crippen LogP contribution is 2.37. The van der Waals surface area contributed by atoms with Gasteiger partial charge in [-0.3, -0.25) is 9.69 Å². The lowest BCUT2D eigenvalue weighted by Gasteiger charge is -2.23. The lowest BCUT2D eigenvalue weighted by atomic mass is 10.2. The molecule has 0 atom stereocenters. The summed E-state index contributed by atoms with van der Waals surface area (Å²) >= 11 is 1.52. The first-order valence-electron chi connectivity index (χ1n) is 11.1. The fourth-order valence-electron chi connectivity index (χ4n) is 3.73. The summed E-state index contributed by atoms with van der Waals surface area (Å²) in [4.78, 5) is 22.2. The molecule has 1 aromatic heterocycles. The standard InChI is InChI=1S/C25H29N3O4S/c1-5-27(6-2)13-14-28(25-26-23-20(30-4)10-7-17(3)24(23)33-25)22(29)12-9-18-8-11-19-21(15-18)32-16-31-19/h7-12,15H,5-6,13-14,16H2,1-4H3/b12-9+. The topological polar surface area (TPSA) is 64.1 Å². The van der Waals surface area contributed by atoms with Gasteiger partial charge in [-0.15, -0.1) is 0 Å². The van der Waals surface area contributed by atoms with Crippen molar-refractivity contribution in [3.05, 3.63) is 47.5 Å². The maximum atomic E-state index is 13.4.